The zero-order valence-electron chi connectivity index (χ0n) is 7.56. The number of hydrogen-bond donors (Lipinski definition) is 1. The lowest BCUT2D eigenvalue weighted by Crippen LogP contribution is -2.19. The van der Waals surface area contributed by atoms with Gasteiger partial charge in [-0.1, -0.05) is 0 Å². The van der Waals surface area contributed by atoms with Crippen LogP contribution in [0.15, 0.2) is 18.2 Å². The molecule has 0 radical (unpaired) electrons. The number of nitrogens with two attached hydrogens (primary N) is 1. The van der Waals surface area contributed by atoms with Gasteiger partial charge in [0.15, 0.2) is 6.61 Å². The van der Waals surface area contributed by atoms with Crippen molar-refractivity contribution in [2.24, 2.45) is 0 Å². The van der Waals surface area contributed by atoms with Crippen LogP contribution in [0.1, 0.15) is 5.56 Å². The van der Waals surface area contributed by atoms with Crippen molar-refractivity contribution >= 4 is 5.69 Å². The van der Waals surface area contributed by atoms with E-state index in [-0.39, 0.29) is 5.75 Å². The molecule has 0 aliphatic rings. The normalized spacial score (nSPS) is 11.4. The Kier molecular flexibility index (Phi) is 2.88. The van der Waals surface area contributed by atoms with Crippen molar-refractivity contribution in [1.82, 2.24) is 0 Å². The maximum Gasteiger partial charge on any atom is 0.422 e. The largest absolute Gasteiger partial charge is 0.484 e. The lowest BCUT2D eigenvalue weighted by molar-refractivity contribution is -0.153. The lowest BCUT2D eigenvalue weighted by Gasteiger charge is -2.10. The van der Waals surface area contributed by atoms with E-state index in [1.165, 1.54) is 18.2 Å². The van der Waals surface area contributed by atoms with Crippen LogP contribution < -0.4 is 10.5 Å². The number of anilines is 1. The Hall–Kier alpha value is -1.39. The van der Waals surface area contributed by atoms with Crippen molar-refractivity contribution < 1.29 is 17.9 Å². The van der Waals surface area contributed by atoms with Crippen LogP contribution in [0, 0.1) is 6.92 Å². The second-order valence-corrected chi connectivity index (χ2v) is 2.92. The van der Waals surface area contributed by atoms with Crippen molar-refractivity contribution in [3.63, 3.8) is 0 Å². The summed E-state index contributed by atoms with van der Waals surface area (Å²) >= 11 is 0. The molecule has 1 aromatic rings. The number of benzene rings is 1. The number of halogens is 3. The van der Waals surface area contributed by atoms with Crippen LogP contribution in [0.5, 0.6) is 5.75 Å². The van der Waals surface area contributed by atoms with E-state index in [2.05, 4.69) is 4.74 Å². The van der Waals surface area contributed by atoms with Gasteiger partial charge in [-0.25, -0.2) is 0 Å². The molecule has 0 aliphatic heterocycles. The van der Waals surface area contributed by atoms with Crippen molar-refractivity contribution in [1.29, 1.82) is 0 Å². The Labute approximate surface area is 79.5 Å². The monoisotopic (exact) mass is 205 g/mol. The Balaban J connectivity index is 2.65. The molecular formula is C9H10F3NO. The molecule has 0 spiro atoms. The minimum Gasteiger partial charge on any atom is -0.484 e. The molecule has 0 saturated heterocycles. The van der Waals surface area contributed by atoms with Crippen LogP contribution in [0.3, 0.4) is 0 Å². The Morgan fingerprint density at radius 3 is 2.50 bits per heavy atom. The van der Waals surface area contributed by atoms with Gasteiger partial charge in [0.2, 0.25) is 0 Å². The van der Waals surface area contributed by atoms with E-state index in [0.717, 1.165) is 0 Å². The van der Waals surface area contributed by atoms with Crippen molar-refractivity contribution in [2.45, 2.75) is 13.1 Å². The van der Waals surface area contributed by atoms with Gasteiger partial charge >= 0.3 is 6.18 Å². The number of aryl methyl sites for hydroxylation is 1. The first-order valence-electron chi connectivity index (χ1n) is 3.94. The van der Waals surface area contributed by atoms with E-state index in [0.29, 0.717) is 11.3 Å². The molecule has 2 N–H and O–H groups in total. The highest BCUT2D eigenvalue weighted by Crippen LogP contribution is 2.21. The Morgan fingerprint density at radius 1 is 1.36 bits per heavy atom. The molecule has 1 rings (SSSR count). The number of rotatable bonds is 2. The quantitative estimate of drug-likeness (QED) is 0.753. The zero-order chi connectivity index (χ0) is 10.8. The topological polar surface area (TPSA) is 35.2 Å². The van der Waals surface area contributed by atoms with Crippen molar-refractivity contribution in [3.05, 3.63) is 23.8 Å². The second-order valence-electron chi connectivity index (χ2n) is 2.92. The van der Waals surface area contributed by atoms with E-state index in [9.17, 15) is 13.2 Å². The molecule has 1 aromatic carbocycles. The summed E-state index contributed by atoms with van der Waals surface area (Å²) in [7, 11) is 0. The molecule has 0 bridgehead atoms. The average Bonchev–Trinajstić information content (AvgIpc) is 2.06. The van der Waals surface area contributed by atoms with Gasteiger partial charge in [0.05, 0.1) is 0 Å². The molecule has 0 heterocycles. The summed E-state index contributed by atoms with van der Waals surface area (Å²) in [6, 6.07) is 4.40. The smallest absolute Gasteiger partial charge is 0.422 e. The number of nitrogen functional groups attached to an aromatic ring is 1. The van der Waals surface area contributed by atoms with Crippen LogP contribution in [0.25, 0.3) is 0 Å². The van der Waals surface area contributed by atoms with Crippen LogP contribution in [-0.2, 0) is 0 Å². The fourth-order valence-electron chi connectivity index (χ4n) is 0.903. The highest BCUT2D eigenvalue weighted by molar-refractivity contribution is 5.49. The highest BCUT2D eigenvalue weighted by atomic mass is 19.4. The molecule has 0 unspecified atom stereocenters. The highest BCUT2D eigenvalue weighted by Gasteiger charge is 2.28. The van der Waals surface area contributed by atoms with Gasteiger partial charge in [0.1, 0.15) is 5.75 Å². The predicted molar refractivity (Wildman–Crippen MR) is 47.1 cm³/mol. The van der Waals surface area contributed by atoms with Crippen molar-refractivity contribution in [3.8, 4) is 5.75 Å². The third-order valence-electron chi connectivity index (χ3n) is 1.64. The maximum absolute atomic E-state index is 11.8. The van der Waals surface area contributed by atoms with Gasteiger partial charge in [0, 0.05) is 5.69 Å². The summed E-state index contributed by atoms with van der Waals surface area (Å²) in [5, 5.41) is 0. The Bertz CT molecular complexity index is 322. The molecule has 0 amide bonds. The first-order chi connectivity index (χ1) is 6.38. The molecule has 5 heteroatoms. The number of alkyl halides is 3. The molecule has 0 saturated carbocycles. The fraction of sp³-hybridized carbons (Fsp3) is 0.333. The van der Waals surface area contributed by atoms with Crippen LogP contribution >= 0.6 is 0 Å². The minimum atomic E-state index is -4.31. The predicted octanol–water partition coefficient (Wildman–Crippen LogP) is 2.52. The maximum atomic E-state index is 11.8. The van der Waals surface area contributed by atoms with Crippen LogP contribution in [-0.4, -0.2) is 12.8 Å². The molecule has 0 aromatic heterocycles. The molecule has 2 nitrogen and oxygen atoms in total. The van der Waals surface area contributed by atoms with E-state index < -0.39 is 12.8 Å². The van der Waals surface area contributed by atoms with Gasteiger partial charge in [0.25, 0.3) is 0 Å². The molecule has 14 heavy (non-hydrogen) atoms. The van der Waals surface area contributed by atoms with E-state index >= 15 is 0 Å². The summed E-state index contributed by atoms with van der Waals surface area (Å²) in [5.41, 5.74) is 6.72. The lowest BCUT2D eigenvalue weighted by atomic mass is 10.2. The van der Waals surface area contributed by atoms with Crippen LogP contribution in [0.2, 0.25) is 0 Å². The first kappa shape index (κ1) is 10.7. The molecule has 0 fully saturated rings. The summed E-state index contributed by atoms with van der Waals surface area (Å²) in [4.78, 5) is 0. The van der Waals surface area contributed by atoms with Gasteiger partial charge in [-0.2, -0.15) is 13.2 Å². The van der Waals surface area contributed by atoms with Gasteiger partial charge < -0.3 is 10.5 Å². The molecular weight excluding hydrogens is 195 g/mol. The van der Waals surface area contributed by atoms with E-state index in [1.54, 1.807) is 6.92 Å². The third kappa shape index (κ3) is 3.16. The number of ether oxygens (including phenoxy) is 1. The summed E-state index contributed by atoms with van der Waals surface area (Å²) in [6.07, 6.45) is -4.31. The van der Waals surface area contributed by atoms with Crippen molar-refractivity contribution in [2.75, 3.05) is 12.3 Å². The SMILES string of the molecule is Cc1cc(OCC(F)(F)F)ccc1N. The fourth-order valence-corrected chi connectivity index (χ4v) is 0.903. The van der Waals surface area contributed by atoms with E-state index in [1.807, 2.05) is 0 Å². The molecule has 0 aliphatic carbocycles. The summed E-state index contributed by atoms with van der Waals surface area (Å²) < 4.78 is 39.8. The average molecular weight is 205 g/mol. The van der Waals surface area contributed by atoms with Gasteiger partial charge in [-0.3, -0.25) is 0 Å². The number of hydrogen-bond acceptors (Lipinski definition) is 2. The van der Waals surface area contributed by atoms with E-state index in [4.69, 9.17) is 5.73 Å². The molecule has 0 atom stereocenters. The Morgan fingerprint density at radius 2 is 2.00 bits per heavy atom. The third-order valence-corrected chi connectivity index (χ3v) is 1.64. The summed E-state index contributed by atoms with van der Waals surface area (Å²) in [5.74, 6) is 0.175. The standard InChI is InChI=1S/C9H10F3NO/c1-6-4-7(2-3-8(6)13)14-5-9(10,11)12/h2-4H,5,13H2,1H3. The van der Waals surface area contributed by atoms with Gasteiger partial charge in [-0.05, 0) is 30.7 Å². The first-order valence-corrected chi connectivity index (χ1v) is 3.94. The summed E-state index contributed by atoms with van der Waals surface area (Å²) in [6.45, 7) is 0.423. The minimum absolute atomic E-state index is 0.175. The van der Waals surface area contributed by atoms with Gasteiger partial charge in [-0.15, -0.1) is 0 Å². The van der Waals surface area contributed by atoms with Crippen LogP contribution in [0.4, 0.5) is 18.9 Å². The molecule has 78 valence electrons. The zero-order valence-corrected chi connectivity index (χ0v) is 7.56. The second kappa shape index (κ2) is 3.77.